The first-order chi connectivity index (χ1) is 10.2. The summed E-state index contributed by atoms with van der Waals surface area (Å²) >= 11 is 0. The molecule has 0 saturated carbocycles. The van der Waals surface area contributed by atoms with Gasteiger partial charge in [0.1, 0.15) is 4.90 Å². The second-order valence-electron chi connectivity index (χ2n) is 4.80. The van der Waals surface area contributed by atoms with Crippen molar-refractivity contribution in [1.82, 2.24) is 0 Å². The second kappa shape index (κ2) is 4.39. The lowest BCUT2D eigenvalue weighted by atomic mass is 9.82. The van der Waals surface area contributed by atoms with Crippen LogP contribution in [-0.2, 0) is 10.1 Å². The van der Waals surface area contributed by atoms with E-state index in [-0.39, 0.29) is 27.9 Å². The number of nitrogens with two attached hydrogens (primary N) is 2. The Labute approximate surface area is 125 Å². The Hall–Kier alpha value is -2.71. The van der Waals surface area contributed by atoms with Crippen molar-refractivity contribution in [3.63, 3.8) is 0 Å². The fraction of sp³-hybridized carbons (Fsp3) is 0. The van der Waals surface area contributed by atoms with Crippen LogP contribution in [0.3, 0.4) is 0 Å². The normalized spacial score (nSPS) is 13.7. The van der Waals surface area contributed by atoms with E-state index >= 15 is 0 Å². The third-order valence-electron chi connectivity index (χ3n) is 3.52. The van der Waals surface area contributed by atoms with Gasteiger partial charge in [-0.05, 0) is 18.2 Å². The molecular weight excluding hydrogens is 308 g/mol. The summed E-state index contributed by atoms with van der Waals surface area (Å²) in [6.07, 6.45) is 0. The highest BCUT2D eigenvalue weighted by atomic mass is 32.2. The molecular formula is C14H10N2O5S. The third kappa shape index (κ3) is 1.81. The predicted molar refractivity (Wildman–Crippen MR) is 78.4 cm³/mol. The van der Waals surface area contributed by atoms with Crippen LogP contribution in [0.1, 0.15) is 31.8 Å². The number of anilines is 2. The van der Waals surface area contributed by atoms with Gasteiger partial charge in [0, 0.05) is 16.8 Å². The van der Waals surface area contributed by atoms with Crippen molar-refractivity contribution < 1.29 is 22.6 Å². The van der Waals surface area contributed by atoms with Gasteiger partial charge < -0.3 is 11.5 Å². The molecule has 0 saturated heterocycles. The standard InChI is InChI=1S/C14H10N2O5S/c15-8-3-1-2-6-10(8)13(17)7-4-5-9(22(19,20)21)12(16)11(7)14(6)18/h1-5H,15-16H2,(H,19,20,21). The average molecular weight is 318 g/mol. The Kier molecular flexibility index (Phi) is 2.84. The summed E-state index contributed by atoms with van der Waals surface area (Å²) in [5.74, 6) is -1.13. The zero-order chi connectivity index (χ0) is 16.2. The molecule has 0 heterocycles. The Balaban J connectivity index is 2.38. The Bertz CT molecular complexity index is 963. The molecule has 0 radical (unpaired) electrons. The molecule has 112 valence electrons. The van der Waals surface area contributed by atoms with E-state index in [1.165, 1.54) is 18.2 Å². The van der Waals surface area contributed by atoms with Gasteiger partial charge in [-0.2, -0.15) is 8.42 Å². The molecule has 5 N–H and O–H groups in total. The van der Waals surface area contributed by atoms with Crippen molar-refractivity contribution >= 4 is 33.1 Å². The first kappa shape index (κ1) is 14.2. The maximum absolute atomic E-state index is 12.5. The highest BCUT2D eigenvalue weighted by molar-refractivity contribution is 7.86. The van der Waals surface area contributed by atoms with E-state index in [0.29, 0.717) is 0 Å². The molecule has 0 aromatic heterocycles. The zero-order valence-electron chi connectivity index (χ0n) is 11.0. The van der Waals surface area contributed by atoms with Gasteiger partial charge in [-0.25, -0.2) is 0 Å². The smallest absolute Gasteiger partial charge is 0.296 e. The molecule has 0 amide bonds. The van der Waals surface area contributed by atoms with E-state index in [9.17, 15) is 18.0 Å². The Morgan fingerprint density at radius 2 is 1.45 bits per heavy atom. The van der Waals surface area contributed by atoms with Crippen LogP contribution in [-0.4, -0.2) is 24.5 Å². The summed E-state index contributed by atoms with van der Waals surface area (Å²) in [6, 6.07) is 6.54. The van der Waals surface area contributed by atoms with E-state index < -0.39 is 32.3 Å². The third-order valence-corrected chi connectivity index (χ3v) is 4.44. The number of nitrogen functional groups attached to an aromatic ring is 2. The lowest BCUT2D eigenvalue weighted by Gasteiger charge is -2.21. The summed E-state index contributed by atoms with van der Waals surface area (Å²) in [6.45, 7) is 0. The maximum atomic E-state index is 12.5. The summed E-state index contributed by atoms with van der Waals surface area (Å²) in [5.41, 5.74) is 11.0. The van der Waals surface area contributed by atoms with Crippen LogP contribution in [0.5, 0.6) is 0 Å². The number of carbonyl (C=O) groups is 2. The number of benzene rings is 2. The van der Waals surface area contributed by atoms with Crippen LogP contribution >= 0.6 is 0 Å². The summed E-state index contributed by atoms with van der Waals surface area (Å²) in [7, 11) is -4.61. The molecule has 8 heteroatoms. The quantitative estimate of drug-likeness (QED) is 0.446. The van der Waals surface area contributed by atoms with Crippen LogP contribution in [0.2, 0.25) is 0 Å². The Morgan fingerprint density at radius 3 is 2.09 bits per heavy atom. The molecule has 1 aliphatic rings. The molecule has 7 nitrogen and oxygen atoms in total. The SMILES string of the molecule is Nc1cccc2c1C(=O)c1ccc(S(=O)(=O)O)c(N)c1C2=O. The fourth-order valence-electron chi connectivity index (χ4n) is 2.54. The van der Waals surface area contributed by atoms with Crippen molar-refractivity contribution in [3.8, 4) is 0 Å². The molecule has 0 unspecified atom stereocenters. The minimum absolute atomic E-state index is 0.0414. The summed E-state index contributed by atoms with van der Waals surface area (Å²) < 4.78 is 31.7. The van der Waals surface area contributed by atoms with Gasteiger partial charge >= 0.3 is 0 Å². The van der Waals surface area contributed by atoms with Crippen molar-refractivity contribution in [2.24, 2.45) is 0 Å². The molecule has 0 aliphatic heterocycles. The van der Waals surface area contributed by atoms with E-state index in [4.69, 9.17) is 16.0 Å². The molecule has 0 atom stereocenters. The molecule has 0 spiro atoms. The average Bonchev–Trinajstić information content (AvgIpc) is 2.43. The lowest BCUT2D eigenvalue weighted by Crippen LogP contribution is -2.24. The topological polar surface area (TPSA) is 141 Å². The van der Waals surface area contributed by atoms with Gasteiger partial charge in [0.25, 0.3) is 10.1 Å². The van der Waals surface area contributed by atoms with Crippen LogP contribution in [0.15, 0.2) is 35.2 Å². The minimum atomic E-state index is -4.61. The monoisotopic (exact) mass is 318 g/mol. The van der Waals surface area contributed by atoms with E-state index in [2.05, 4.69) is 0 Å². The van der Waals surface area contributed by atoms with Crippen molar-refractivity contribution in [1.29, 1.82) is 0 Å². The number of hydrogen-bond donors (Lipinski definition) is 3. The van der Waals surface area contributed by atoms with Gasteiger partial charge in [-0.15, -0.1) is 0 Å². The predicted octanol–water partition coefficient (Wildman–Crippen LogP) is 0.873. The van der Waals surface area contributed by atoms with Gasteiger partial charge in [0.2, 0.25) is 0 Å². The molecule has 0 bridgehead atoms. The lowest BCUT2D eigenvalue weighted by molar-refractivity contribution is 0.0980. The molecule has 1 aliphatic carbocycles. The Morgan fingerprint density at radius 1 is 0.864 bits per heavy atom. The van der Waals surface area contributed by atoms with Crippen molar-refractivity contribution in [3.05, 3.63) is 52.6 Å². The number of ketones is 2. The van der Waals surface area contributed by atoms with E-state index in [0.717, 1.165) is 12.1 Å². The zero-order valence-corrected chi connectivity index (χ0v) is 11.8. The van der Waals surface area contributed by atoms with Crippen LogP contribution in [0.25, 0.3) is 0 Å². The van der Waals surface area contributed by atoms with Gasteiger partial charge in [-0.1, -0.05) is 12.1 Å². The maximum Gasteiger partial charge on any atom is 0.296 e. The second-order valence-corrected chi connectivity index (χ2v) is 6.19. The molecule has 0 fully saturated rings. The number of hydrogen-bond acceptors (Lipinski definition) is 6. The number of carbonyl (C=O) groups excluding carboxylic acids is 2. The van der Waals surface area contributed by atoms with Crippen molar-refractivity contribution in [2.75, 3.05) is 11.5 Å². The van der Waals surface area contributed by atoms with Gasteiger partial charge in [0.05, 0.1) is 16.8 Å². The molecule has 3 rings (SSSR count). The molecule has 2 aromatic rings. The molecule has 2 aromatic carbocycles. The summed E-state index contributed by atoms with van der Waals surface area (Å²) in [5, 5.41) is 0. The summed E-state index contributed by atoms with van der Waals surface area (Å²) in [4.78, 5) is 24.4. The van der Waals surface area contributed by atoms with Gasteiger partial charge in [0.15, 0.2) is 11.6 Å². The largest absolute Gasteiger partial charge is 0.398 e. The molecule has 22 heavy (non-hydrogen) atoms. The van der Waals surface area contributed by atoms with Crippen LogP contribution in [0, 0.1) is 0 Å². The van der Waals surface area contributed by atoms with E-state index in [1.54, 1.807) is 0 Å². The highest BCUT2D eigenvalue weighted by Gasteiger charge is 2.34. The van der Waals surface area contributed by atoms with Crippen LogP contribution in [0.4, 0.5) is 11.4 Å². The number of rotatable bonds is 1. The van der Waals surface area contributed by atoms with Crippen molar-refractivity contribution in [2.45, 2.75) is 4.90 Å². The fourth-order valence-corrected chi connectivity index (χ4v) is 3.16. The number of fused-ring (bicyclic) bond motifs is 2. The van der Waals surface area contributed by atoms with Gasteiger partial charge in [-0.3, -0.25) is 14.1 Å². The van der Waals surface area contributed by atoms with Crippen LogP contribution < -0.4 is 11.5 Å². The minimum Gasteiger partial charge on any atom is -0.398 e. The van der Waals surface area contributed by atoms with E-state index in [1.807, 2.05) is 0 Å². The highest BCUT2D eigenvalue weighted by Crippen LogP contribution is 2.35. The first-order valence-electron chi connectivity index (χ1n) is 6.11. The first-order valence-corrected chi connectivity index (χ1v) is 7.55.